The number of carboxylic acids is 1. The highest BCUT2D eigenvalue weighted by molar-refractivity contribution is 5.76. The fraction of sp³-hybridized carbons (Fsp3) is 0.857. The lowest BCUT2D eigenvalue weighted by Gasteiger charge is -2.22. The van der Waals surface area contributed by atoms with E-state index in [1.165, 1.54) is 25.7 Å². The third-order valence-electron chi connectivity index (χ3n) is 5.02. The standard InChI is InChI=1S/C14H22N2O3/c17-13(18)12-5-11(12)6-15-14(19)16-7-9-3-1-2-4-10(9)8-16/h9-12H,1-8H2,(H,15,19)(H,17,18)/t9-,10+,11-,12+/m0/s1. The van der Waals surface area contributed by atoms with Crippen LogP contribution in [0.1, 0.15) is 32.1 Å². The number of aliphatic carboxylic acids is 1. The molecule has 0 bridgehead atoms. The number of carbonyl (C=O) groups is 2. The van der Waals surface area contributed by atoms with E-state index in [4.69, 9.17) is 5.11 Å². The van der Waals surface area contributed by atoms with Gasteiger partial charge in [0.15, 0.2) is 0 Å². The molecule has 0 aromatic rings. The Morgan fingerprint density at radius 2 is 1.79 bits per heavy atom. The predicted molar refractivity (Wildman–Crippen MR) is 69.7 cm³/mol. The molecule has 0 aromatic carbocycles. The van der Waals surface area contributed by atoms with Crippen LogP contribution in [0.15, 0.2) is 0 Å². The number of hydrogen-bond donors (Lipinski definition) is 2. The van der Waals surface area contributed by atoms with E-state index in [1.807, 2.05) is 4.90 Å². The topological polar surface area (TPSA) is 69.6 Å². The second-order valence-corrected chi connectivity index (χ2v) is 6.34. The Labute approximate surface area is 113 Å². The van der Waals surface area contributed by atoms with Gasteiger partial charge in [0.1, 0.15) is 0 Å². The van der Waals surface area contributed by atoms with Crippen molar-refractivity contribution in [3.05, 3.63) is 0 Å². The Bertz CT molecular complexity index is 371. The zero-order valence-electron chi connectivity index (χ0n) is 11.2. The molecule has 0 radical (unpaired) electrons. The molecule has 3 rings (SSSR count). The summed E-state index contributed by atoms with van der Waals surface area (Å²) in [6.45, 7) is 2.30. The van der Waals surface area contributed by atoms with Gasteiger partial charge in [-0.05, 0) is 37.0 Å². The Balaban J connectivity index is 1.43. The number of nitrogens with zero attached hydrogens (tertiary/aromatic N) is 1. The second kappa shape index (κ2) is 5.02. The number of hydrogen-bond acceptors (Lipinski definition) is 2. The van der Waals surface area contributed by atoms with E-state index in [2.05, 4.69) is 5.32 Å². The van der Waals surface area contributed by atoms with Crippen molar-refractivity contribution in [3.8, 4) is 0 Å². The molecule has 0 aromatic heterocycles. The van der Waals surface area contributed by atoms with Gasteiger partial charge in [0, 0.05) is 19.6 Å². The Morgan fingerprint density at radius 1 is 1.16 bits per heavy atom. The van der Waals surface area contributed by atoms with Crippen LogP contribution in [-0.4, -0.2) is 41.6 Å². The lowest BCUT2D eigenvalue weighted by molar-refractivity contribution is -0.138. The Morgan fingerprint density at radius 3 is 2.32 bits per heavy atom. The molecule has 0 unspecified atom stereocenters. The largest absolute Gasteiger partial charge is 0.481 e. The van der Waals surface area contributed by atoms with Gasteiger partial charge in [-0.2, -0.15) is 0 Å². The fourth-order valence-electron chi connectivity index (χ4n) is 3.68. The first-order valence-electron chi connectivity index (χ1n) is 7.40. The lowest BCUT2D eigenvalue weighted by atomic mass is 9.82. The minimum Gasteiger partial charge on any atom is -0.481 e. The first kappa shape index (κ1) is 12.8. The number of fused-ring (bicyclic) bond motifs is 1. The van der Waals surface area contributed by atoms with E-state index < -0.39 is 5.97 Å². The molecule has 3 aliphatic rings. The summed E-state index contributed by atoms with van der Waals surface area (Å²) in [6.07, 6.45) is 5.84. The van der Waals surface area contributed by atoms with Crippen LogP contribution in [0.4, 0.5) is 4.79 Å². The number of nitrogens with one attached hydrogen (secondary N) is 1. The molecule has 1 saturated heterocycles. The molecule has 1 aliphatic heterocycles. The average molecular weight is 266 g/mol. The van der Waals surface area contributed by atoms with Crippen LogP contribution in [0, 0.1) is 23.7 Å². The van der Waals surface area contributed by atoms with Crippen molar-refractivity contribution in [2.45, 2.75) is 32.1 Å². The summed E-state index contributed by atoms with van der Waals surface area (Å²) in [5.74, 6) is 0.582. The summed E-state index contributed by atoms with van der Waals surface area (Å²) in [6, 6.07) is 0.00504. The van der Waals surface area contributed by atoms with Crippen LogP contribution in [0.5, 0.6) is 0 Å². The van der Waals surface area contributed by atoms with Crippen molar-refractivity contribution < 1.29 is 14.7 Å². The monoisotopic (exact) mass is 266 g/mol. The summed E-state index contributed by atoms with van der Waals surface area (Å²) < 4.78 is 0. The summed E-state index contributed by atoms with van der Waals surface area (Å²) in [7, 11) is 0. The van der Waals surface area contributed by atoms with E-state index in [1.54, 1.807) is 0 Å². The highest BCUT2D eigenvalue weighted by Crippen LogP contribution is 2.38. The van der Waals surface area contributed by atoms with Crippen LogP contribution in [0.25, 0.3) is 0 Å². The van der Waals surface area contributed by atoms with Crippen LogP contribution in [0.3, 0.4) is 0 Å². The quantitative estimate of drug-likeness (QED) is 0.814. The minimum absolute atomic E-state index is 0.00504. The van der Waals surface area contributed by atoms with Crippen molar-refractivity contribution >= 4 is 12.0 Å². The molecular formula is C14H22N2O3. The number of carboxylic acid groups (broad SMARTS) is 1. The molecule has 5 heteroatoms. The highest BCUT2D eigenvalue weighted by atomic mass is 16.4. The summed E-state index contributed by atoms with van der Waals surface area (Å²) in [5, 5.41) is 11.7. The summed E-state index contributed by atoms with van der Waals surface area (Å²) >= 11 is 0. The lowest BCUT2D eigenvalue weighted by Crippen LogP contribution is -2.39. The SMILES string of the molecule is O=C(O)[C@@H]1C[C@H]1CNC(=O)N1C[C@H]2CCCC[C@H]2C1. The average Bonchev–Trinajstić information content (AvgIpc) is 3.05. The van der Waals surface area contributed by atoms with Gasteiger partial charge in [0.25, 0.3) is 0 Å². The molecule has 2 aliphatic carbocycles. The van der Waals surface area contributed by atoms with Crippen LogP contribution >= 0.6 is 0 Å². The van der Waals surface area contributed by atoms with Gasteiger partial charge in [-0.15, -0.1) is 0 Å². The van der Waals surface area contributed by atoms with Crippen LogP contribution in [-0.2, 0) is 4.79 Å². The maximum Gasteiger partial charge on any atom is 0.317 e. The fourth-order valence-corrected chi connectivity index (χ4v) is 3.68. The van der Waals surface area contributed by atoms with E-state index in [-0.39, 0.29) is 17.9 Å². The first-order chi connectivity index (χ1) is 9.15. The minimum atomic E-state index is -0.730. The van der Waals surface area contributed by atoms with E-state index >= 15 is 0 Å². The van der Waals surface area contributed by atoms with Gasteiger partial charge in [-0.25, -0.2) is 4.79 Å². The van der Waals surface area contributed by atoms with E-state index in [0.717, 1.165) is 13.1 Å². The molecule has 106 valence electrons. The number of urea groups is 1. The Hall–Kier alpha value is -1.26. The summed E-state index contributed by atoms with van der Waals surface area (Å²) in [5.41, 5.74) is 0. The number of amides is 2. The van der Waals surface area contributed by atoms with Crippen molar-refractivity contribution in [1.82, 2.24) is 10.2 Å². The smallest absolute Gasteiger partial charge is 0.317 e. The van der Waals surface area contributed by atoms with Gasteiger partial charge in [0.05, 0.1) is 5.92 Å². The molecule has 19 heavy (non-hydrogen) atoms. The zero-order valence-corrected chi connectivity index (χ0v) is 11.2. The van der Waals surface area contributed by atoms with Gasteiger partial charge in [-0.3, -0.25) is 4.79 Å². The normalized spacial score (nSPS) is 36.7. The molecule has 5 nitrogen and oxygen atoms in total. The van der Waals surface area contributed by atoms with Crippen molar-refractivity contribution in [3.63, 3.8) is 0 Å². The molecule has 0 spiro atoms. The third kappa shape index (κ3) is 2.69. The van der Waals surface area contributed by atoms with Crippen molar-refractivity contribution in [2.75, 3.05) is 19.6 Å². The zero-order chi connectivity index (χ0) is 13.4. The predicted octanol–water partition coefficient (Wildman–Crippen LogP) is 1.54. The molecule has 3 fully saturated rings. The van der Waals surface area contributed by atoms with Crippen molar-refractivity contribution in [2.24, 2.45) is 23.7 Å². The number of rotatable bonds is 3. The summed E-state index contributed by atoms with van der Waals surface area (Å²) in [4.78, 5) is 24.7. The van der Waals surface area contributed by atoms with E-state index in [9.17, 15) is 9.59 Å². The van der Waals surface area contributed by atoms with Gasteiger partial charge >= 0.3 is 12.0 Å². The molecule has 1 heterocycles. The first-order valence-corrected chi connectivity index (χ1v) is 7.40. The van der Waals surface area contributed by atoms with Crippen molar-refractivity contribution in [1.29, 1.82) is 0 Å². The highest BCUT2D eigenvalue weighted by Gasteiger charge is 2.43. The maximum atomic E-state index is 12.1. The van der Waals surface area contributed by atoms with Gasteiger partial charge < -0.3 is 15.3 Å². The molecule has 2 N–H and O–H groups in total. The number of likely N-dealkylation sites (tertiary alicyclic amines) is 1. The van der Waals surface area contributed by atoms with Gasteiger partial charge in [-0.1, -0.05) is 12.8 Å². The maximum absolute atomic E-state index is 12.1. The number of carbonyl (C=O) groups excluding carboxylic acids is 1. The molecular weight excluding hydrogens is 244 g/mol. The molecule has 4 atom stereocenters. The molecule has 2 amide bonds. The molecule has 2 saturated carbocycles. The third-order valence-corrected chi connectivity index (χ3v) is 5.02. The van der Waals surface area contributed by atoms with Crippen LogP contribution < -0.4 is 5.32 Å². The van der Waals surface area contributed by atoms with Gasteiger partial charge in [0.2, 0.25) is 0 Å². The second-order valence-electron chi connectivity index (χ2n) is 6.34. The Kier molecular flexibility index (Phi) is 3.37. The van der Waals surface area contributed by atoms with Crippen LogP contribution in [0.2, 0.25) is 0 Å². The van der Waals surface area contributed by atoms with E-state index in [0.29, 0.717) is 24.8 Å².